The van der Waals surface area contributed by atoms with Gasteiger partial charge in [0.2, 0.25) is 0 Å². The van der Waals surface area contributed by atoms with Gasteiger partial charge in [0.15, 0.2) is 5.13 Å². The van der Waals surface area contributed by atoms with Crippen molar-refractivity contribution in [1.29, 1.82) is 0 Å². The normalized spacial score (nSPS) is 10.8. The predicted octanol–water partition coefficient (Wildman–Crippen LogP) is 5.46. The number of hydrogen-bond acceptors (Lipinski definition) is 3. The first-order chi connectivity index (χ1) is 8.70. The Morgan fingerprint density at radius 2 is 2.06 bits per heavy atom. The van der Waals surface area contributed by atoms with Gasteiger partial charge in [0, 0.05) is 15.2 Å². The van der Waals surface area contributed by atoms with E-state index >= 15 is 0 Å². The van der Waals surface area contributed by atoms with Crippen molar-refractivity contribution in [1.82, 2.24) is 4.98 Å². The molecule has 0 radical (unpaired) electrons. The van der Waals surface area contributed by atoms with Gasteiger partial charge in [-0.15, -0.1) is 0 Å². The van der Waals surface area contributed by atoms with Crippen molar-refractivity contribution in [2.45, 2.75) is 0 Å². The van der Waals surface area contributed by atoms with Gasteiger partial charge in [-0.3, -0.25) is 0 Å². The molecule has 0 saturated carbocycles. The van der Waals surface area contributed by atoms with Crippen LogP contribution in [-0.2, 0) is 0 Å². The van der Waals surface area contributed by atoms with Crippen LogP contribution < -0.4 is 5.32 Å². The van der Waals surface area contributed by atoms with Crippen molar-refractivity contribution >= 4 is 59.9 Å². The van der Waals surface area contributed by atoms with Gasteiger partial charge in [-0.1, -0.05) is 44.9 Å². The minimum Gasteiger partial charge on any atom is -0.331 e. The molecular formula is C13H8BrClN2S. The fourth-order valence-corrected chi connectivity index (χ4v) is 3.27. The van der Waals surface area contributed by atoms with Crippen LogP contribution in [0.3, 0.4) is 0 Å². The van der Waals surface area contributed by atoms with Gasteiger partial charge in [0.25, 0.3) is 0 Å². The number of aromatic nitrogens is 1. The van der Waals surface area contributed by atoms with Crippen LogP contribution in [0.25, 0.3) is 10.2 Å². The van der Waals surface area contributed by atoms with Gasteiger partial charge in [0.1, 0.15) is 0 Å². The molecule has 5 heteroatoms. The van der Waals surface area contributed by atoms with Crippen LogP contribution in [0.15, 0.2) is 46.9 Å². The van der Waals surface area contributed by atoms with E-state index in [0.29, 0.717) is 5.02 Å². The van der Waals surface area contributed by atoms with Crippen LogP contribution in [0, 0.1) is 0 Å². The molecule has 0 aliphatic carbocycles. The van der Waals surface area contributed by atoms with E-state index in [4.69, 9.17) is 11.6 Å². The maximum Gasteiger partial charge on any atom is 0.188 e. The quantitative estimate of drug-likeness (QED) is 0.671. The van der Waals surface area contributed by atoms with Crippen LogP contribution in [0.4, 0.5) is 10.8 Å². The van der Waals surface area contributed by atoms with Crippen LogP contribution in [0.2, 0.25) is 5.02 Å². The zero-order valence-corrected chi connectivity index (χ0v) is 12.3. The Morgan fingerprint density at radius 1 is 1.17 bits per heavy atom. The molecule has 0 aliphatic heterocycles. The molecule has 0 amide bonds. The van der Waals surface area contributed by atoms with Gasteiger partial charge in [-0.05, 0) is 36.4 Å². The zero-order chi connectivity index (χ0) is 12.5. The number of nitrogens with zero attached hydrogens (tertiary/aromatic N) is 1. The highest BCUT2D eigenvalue weighted by Gasteiger charge is 2.04. The molecule has 0 aliphatic rings. The molecule has 90 valence electrons. The standard InChI is InChI=1S/C13H8BrClN2S/c14-8-4-5-11-12(6-8)18-13(17-11)16-10-3-1-2-9(15)7-10/h1-7H,(H,16,17). The number of nitrogens with one attached hydrogen (secondary N) is 1. The summed E-state index contributed by atoms with van der Waals surface area (Å²) < 4.78 is 2.21. The lowest BCUT2D eigenvalue weighted by molar-refractivity contribution is 1.44. The van der Waals surface area contributed by atoms with Crippen molar-refractivity contribution in [3.05, 3.63) is 52.0 Å². The Bertz CT molecular complexity index is 711. The highest BCUT2D eigenvalue weighted by Crippen LogP contribution is 2.30. The summed E-state index contributed by atoms with van der Waals surface area (Å²) >= 11 is 11.0. The fraction of sp³-hybridized carbons (Fsp3) is 0. The first-order valence-electron chi connectivity index (χ1n) is 5.29. The van der Waals surface area contributed by atoms with E-state index in [1.807, 2.05) is 36.4 Å². The third-order valence-corrected chi connectivity index (χ3v) is 4.09. The second kappa shape index (κ2) is 4.88. The Morgan fingerprint density at radius 3 is 2.89 bits per heavy atom. The molecule has 2 nitrogen and oxygen atoms in total. The third kappa shape index (κ3) is 2.51. The van der Waals surface area contributed by atoms with E-state index in [-0.39, 0.29) is 0 Å². The van der Waals surface area contributed by atoms with E-state index in [0.717, 1.165) is 25.5 Å². The SMILES string of the molecule is Clc1cccc(Nc2nc3ccc(Br)cc3s2)c1. The lowest BCUT2D eigenvalue weighted by Crippen LogP contribution is -1.88. The summed E-state index contributed by atoms with van der Waals surface area (Å²) in [6, 6.07) is 13.7. The average Bonchev–Trinajstić information content (AvgIpc) is 2.70. The largest absolute Gasteiger partial charge is 0.331 e. The molecule has 3 rings (SSSR count). The molecule has 0 fully saturated rings. The molecule has 1 heterocycles. The van der Waals surface area contributed by atoms with Gasteiger partial charge >= 0.3 is 0 Å². The average molecular weight is 340 g/mol. The number of halogens is 2. The maximum absolute atomic E-state index is 5.95. The third-order valence-electron chi connectivity index (χ3n) is 2.43. The van der Waals surface area contributed by atoms with Crippen molar-refractivity contribution < 1.29 is 0 Å². The lowest BCUT2D eigenvalue weighted by atomic mass is 10.3. The smallest absolute Gasteiger partial charge is 0.188 e. The highest BCUT2D eigenvalue weighted by molar-refractivity contribution is 9.10. The zero-order valence-electron chi connectivity index (χ0n) is 9.15. The monoisotopic (exact) mass is 338 g/mol. The second-order valence-corrected chi connectivity index (χ2v) is 6.15. The van der Waals surface area contributed by atoms with E-state index in [9.17, 15) is 0 Å². The second-order valence-electron chi connectivity index (χ2n) is 3.77. The number of thiazole rings is 1. The minimum atomic E-state index is 0.712. The summed E-state index contributed by atoms with van der Waals surface area (Å²) in [6.07, 6.45) is 0. The summed E-state index contributed by atoms with van der Waals surface area (Å²) in [5, 5.41) is 4.84. The molecule has 0 spiro atoms. The van der Waals surface area contributed by atoms with Crippen molar-refractivity contribution in [3.8, 4) is 0 Å². The summed E-state index contributed by atoms with van der Waals surface area (Å²) in [6.45, 7) is 0. The van der Waals surface area contributed by atoms with Crippen LogP contribution in [-0.4, -0.2) is 4.98 Å². The minimum absolute atomic E-state index is 0.712. The number of anilines is 2. The lowest BCUT2D eigenvalue weighted by Gasteiger charge is -2.01. The first-order valence-corrected chi connectivity index (χ1v) is 7.28. The van der Waals surface area contributed by atoms with Crippen molar-refractivity contribution in [3.63, 3.8) is 0 Å². The Balaban J connectivity index is 1.95. The molecular weight excluding hydrogens is 332 g/mol. The highest BCUT2D eigenvalue weighted by atomic mass is 79.9. The Kier molecular flexibility index (Phi) is 3.24. The summed E-state index contributed by atoms with van der Waals surface area (Å²) in [7, 11) is 0. The summed E-state index contributed by atoms with van der Waals surface area (Å²) in [4.78, 5) is 4.52. The summed E-state index contributed by atoms with van der Waals surface area (Å²) in [5.41, 5.74) is 1.94. The van der Waals surface area contributed by atoms with Crippen molar-refractivity contribution in [2.75, 3.05) is 5.32 Å². The Hall–Kier alpha value is -1.10. The first kappa shape index (κ1) is 12.0. The molecule has 0 bridgehead atoms. The number of benzene rings is 2. The molecule has 1 aromatic heterocycles. The molecule has 2 aromatic carbocycles. The van der Waals surface area contributed by atoms with E-state index in [2.05, 4.69) is 32.3 Å². The van der Waals surface area contributed by atoms with E-state index in [1.165, 1.54) is 0 Å². The van der Waals surface area contributed by atoms with E-state index in [1.54, 1.807) is 11.3 Å². The molecule has 1 N–H and O–H groups in total. The summed E-state index contributed by atoms with van der Waals surface area (Å²) in [5.74, 6) is 0. The van der Waals surface area contributed by atoms with Gasteiger partial charge in [0.05, 0.1) is 10.2 Å². The topological polar surface area (TPSA) is 24.9 Å². The maximum atomic E-state index is 5.95. The molecule has 0 atom stereocenters. The van der Waals surface area contributed by atoms with Crippen LogP contribution >= 0.6 is 38.9 Å². The predicted molar refractivity (Wildman–Crippen MR) is 82.1 cm³/mol. The Labute approximate surface area is 122 Å². The van der Waals surface area contributed by atoms with E-state index < -0.39 is 0 Å². The number of fused-ring (bicyclic) bond motifs is 1. The molecule has 18 heavy (non-hydrogen) atoms. The van der Waals surface area contributed by atoms with Gasteiger partial charge in [-0.25, -0.2) is 4.98 Å². The molecule has 0 unspecified atom stereocenters. The van der Waals surface area contributed by atoms with Gasteiger partial charge in [-0.2, -0.15) is 0 Å². The number of rotatable bonds is 2. The molecule has 3 aromatic rings. The van der Waals surface area contributed by atoms with Gasteiger partial charge < -0.3 is 5.32 Å². The fourth-order valence-electron chi connectivity index (χ4n) is 1.64. The van der Waals surface area contributed by atoms with Crippen LogP contribution in [0.5, 0.6) is 0 Å². The van der Waals surface area contributed by atoms with Crippen LogP contribution in [0.1, 0.15) is 0 Å². The van der Waals surface area contributed by atoms with Crippen molar-refractivity contribution in [2.24, 2.45) is 0 Å². The molecule has 0 saturated heterocycles. The number of hydrogen-bond donors (Lipinski definition) is 1.